The van der Waals surface area contributed by atoms with E-state index in [0.717, 1.165) is 36.4 Å². The van der Waals surface area contributed by atoms with Crippen molar-refractivity contribution in [2.45, 2.75) is 50.2 Å². The Kier molecular flexibility index (Phi) is 20.4. The second-order valence-corrected chi connectivity index (χ2v) is 12.9. The number of halogens is 6. The van der Waals surface area contributed by atoms with Crippen molar-refractivity contribution in [1.29, 1.82) is 0 Å². The number of ether oxygens (including phenoxy) is 8. The molecule has 3 rings (SSSR count). The molecule has 0 heterocycles. The number of unbranched alkanes of at least 4 members (excludes halogenated alkanes) is 2. The monoisotopic (exact) mass is 886 g/mol. The normalized spacial score (nSPS) is 12.4. The van der Waals surface area contributed by atoms with E-state index in [2.05, 4.69) is 13.2 Å². The first-order valence-corrected chi connectivity index (χ1v) is 18.7. The lowest BCUT2D eigenvalue weighted by molar-refractivity contribution is -0.163. The van der Waals surface area contributed by atoms with Crippen LogP contribution in [0.1, 0.15) is 57.5 Å². The number of esters is 4. The van der Waals surface area contributed by atoms with Crippen LogP contribution in [0.4, 0.5) is 26.3 Å². The van der Waals surface area contributed by atoms with Gasteiger partial charge in [-0.1, -0.05) is 13.2 Å². The van der Waals surface area contributed by atoms with Crippen molar-refractivity contribution in [2.75, 3.05) is 52.9 Å². The summed E-state index contributed by atoms with van der Waals surface area (Å²) in [7, 11) is 0. The van der Waals surface area contributed by atoms with Crippen molar-refractivity contribution >= 4 is 23.9 Å². The van der Waals surface area contributed by atoms with E-state index >= 15 is 0 Å². The summed E-state index contributed by atoms with van der Waals surface area (Å²) in [4.78, 5) is 47.7. The highest BCUT2D eigenvalue weighted by Crippen LogP contribution is 2.49. The molecule has 0 radical (unpaired) electrons. The first-order valence-electron chi connectivity index (χ1n) is 18.7. The van der Waals surface area contributed by atoms with Crippen LogP contribution in [-0.4, -0.2) is 99.2 Å². The molecule has 20 heteroatoms. The van der Waals surface area contributed by atoms with Gasteiger partial charge in [0.15, 0.2) is 0 Å². The average molecular weight is 887 g/mol. The molecule has 338 valence electrons. The third-order valence-corrected chi connectivity index (χ3v) is 7.97. The van der Waals surface area contributed by atoms with Crippen LogP contribution in [0.15, 0.2) is 86.0 Å². The van der Waals surface area contributed by atoms with Crippen molar-refractivity contribution in [3.63, 3.8) is 0 Å². The van der Waals surface area contributed by atoms with Crippen molar-refractivity contribution < 1.29 is 93.6 Å². The van der Waals surface area contributed by atoms with Crippen molar-refractivity contribution in [3.8, 4) is 23.0 Å². The molecule has 0 fully saturated rings. The van der Waals surface area contributed by atoms with Crippen LogP contribution in [0.5, 0.6) is 23.0 Å². The Morgan fingerprint density at radius 1 is 0.532 bits per heavy atom. The molecule has 3 aromatic rings. The molecular formula is C42H44F6O14. The van der Waals surface area contributed by atoms with Gasteiger partial charge in [0.25, 0.3) is 0 Å². The van der Waals surface area contributed by atoms with Gasteiger partial charge in [-0.2, -0.15) is 26.3 Å². The van der Waals surface area contributed by atoms with E-state index in [1.807, 2.05) is 0 Å². The highest BCUT2D eigenvalue weighted by atomic mass is 19.4. The maximum atomic E-state index is 14.3. The standard InChI is InChI=1S/C42H44F6O14/c1-3-35(51)59-25-29(49)23-55-19-5-7-21-57-31-13-9-27(10-14-31)39(53)61-33-17-18-34(38(42(46,47)48)37(33)41(43,44)45)62-40(54)28-11-15-32(16-12-28)58-22-8-6-20-56-24-30(50)26-60-36(52)4-2/h3-4,9-18,29-30,49-50H,1-2,5-8,19-26H2. The fourth-order valence-corrected chi connectivity index (χ4v) is 4.99. The van der Waals surface area contributed by atoms with Crippen LogP contribution in [0.25, 0.3) is 0 Å². The number of carbonyl (C=O) groups excluding carboxylic acids is 4. The highest BCUT2D eigenvalue weighted by molar-refractivity contribution is 5.92. The van der Waals surface area contributed by atoms with E-state index in [-0.39, 0.29) is 75.5 Å². The number of aliphatic hydroxyl groups is 2. The second-order valence-electron chi connectivity index (χ2n) is 12.9. The zero-order valence-corrected chi connectivity index (χ0v) is 33.0. The van der Waals surface area contributed by atoms with Gasteiger partial charge in [-0.3, -0.25) is 0 Å². The molecule has 0 spiro atoms. The zero-order valence-electron chi connectivity index (χ0n) is 33.0. The fourth-order valence-electron chi connectivity index (χ4n) is 4.99. The molecule has 0 bridgehead atoms. The van der Waals surface area contributed by atoms with Crippen LogP contribution in [0, 0.1) is 0 Å². The Balaban J connectivity index is 1.54. The number of alkyl halides is 6. The minimum atomic E-state index is -5.74. The van der Waals surface area contributed by atoms with E-state index in [1.165, 1.54) is 24.3 Å². The van der Waals surface area contributed by atoms with Gasteiger partial charge >= 0.3 is 36.2 Å². The van der Waals surface area contributed by atoms with Gasteiger partial charge in [0, 0.05) is 25.4 Å². The molecule has 0 aromatic heterocycles. The molecule has 14 nitrogen and oxygen atoms in total. The minimum Gasteiger partial charge on any atom is -0.494 e. The minimum absolute atomic E-state index is 0.0763. The molecule has 0 amide bonds. The van der Waals surface area contributed by atoms with Gasteiger partial charge in [-0.25, -0.2) is 19.2 Å². The number of rotatable bonds is 26. The number of hydrogen-bond donors (Lipinski definition) is 2. The van der Waals surface area contributed by atoms with E-state index < -0.39 is 71.1 Å². The molecule has 0 aliphatic heterocycles. The quantitative estimate of drug-likeness (QED) is 0.0286. The summed E-state index contributed by atoms with van der Waals surface area (Å²) in [6.07, 6.45) is -9.58. The van der Waals surface area contributed by atoms with E-state index in [4.69, 9.17) is 37.9 Å². The third kappa shape index (κ3) is 17.6. The average Bonchev–Trinajstić information content (AvgIpc) is 3.23. The van der Waals surface area contributed by atoms with Gasteiger partial charge < -0.3 is 48.1 Å². The Labute approximate surface area is 351 Å². The fraction of sp³-hybridized carbons (Fsp3) is 0.381. The van der Waals surface area contributed by atoms with E-state index in [0.29, 0.717) is 37.8 Å². The topological polar surface area (TPSA) is 183 Å². The van der Waals surface area contributed by atoms with Crippen LogP contribution < -0.4 is 18.9 Å². The molecule has 2 unspecified atom stereocenters. The Hall–Kier alpha value is -5.96. The number of aliphatic hydroxyl groups excluding tert-OH is 2. The van der Waals surface area contributed by atoms with Crippen LogP contribution in [0.2, 0.25) is 0 Å². The third-order valence-electron chi connectivity index (χ3n) is 7.97. The summed E-state index contributed by atoms with van der Waals surface area (Å²) in [5, 5.41) is 19.4. The SMILES string of the molecule is C=CC(=O)OCC(O)COCCCCOc1ccc(C(=O)Oc2ccc(OC(=O)c3ccc(OCCCCOCC(O)COC(=O)C=C)cc3)c(C(F)(F)F)c2C(F)(F)F)cc1. The molecule has 0 aliphatic rings. The van der Waals surface area contributed by atoms with Crippen molar-refractivity contribution in [3.05, 3.63) is 108 Å². The van der Waals surface area contributed by atoms with E-state index in [9.17, 15) is 55.7 Å². The molecular weight excluding hydrogens is 842 g/mol. The molecule has 3 aromatic carbocycles. The number of benzene rings is 3. The van der Waals surface area contributed by atoms with Gasteiger partial charge in [0.2, 0.25) is 0 Å². The molecule has 0 saturated carbocycles. The van der Waals surface area contributed by atoms with Crippen LogP contribution >= 0.6 is 0 Å². The first kappa shape index (κ1) is 50.4. The Morgan fingerprint density at radius 3 is 1.19 bits per heavy atom. The summed E-state index contributed by atoms with van der Waals surface area (Å²) in [5.41, 5.74) is -5.42. The van der Waals surface area contributed by atoms with Crippen molar-refractivity contribution in [2.24, 2.45) is 0 Å². The summed E-state index contributed by atoms with van der Waals surface area (Å²) in [5.74, 6) is -6.67. The summed E-state index contributed by atoms with van der Waals surface area (Å²) in [6, 6.07) is 10.6. The van der Waals surface area contributed by atoms with Crippen molar-refractivity contribution in [1.82, 2.24) is 0 Å². The summed E-state index contributed by atoms with van der Waals surface area (Å²) >= 11 is 0. The van der Waals surface area contributed by atoms with Crippen LogP contribution in [-0.2, 0) is 40.9 Å². The summed E-state index contributed by atoms with van der Waals surface area (Å²) in [6.45, 7) is 6.68. The number of carbonyl (C=O) groups is 4. The maximum Gasteiger partial charge on any atom is 0.420 e. The summed E-state index contributed by atoms with van der Waals surface area (Å²) < 4.78 is 126. The Bertz CT molecular complexity index is 1790. The smallest absolute Gasteiger partial charge is 0.420 e. The van der Waals surface area contributed by atoms with Gasteiger partial charge in [-0.15, -0.1) is 0 Å². The van der Waals surface area contributed by atoms with Gasteiger partial charge in [-0.05, 0) is 86.3 Å². The lowest BCUT2D eigenvalue weighted by Gasteiger charge is -2.21. The van der Waals surface area contributed by atoms with Crippen LogP contribution in [0.3, 0.4) is 0 Å². The second kappa shape index (κ2) is 25.1. The zero-order chi connectivity index (χ0) is 45.7. The largest absolute Gasteiger partial charge is 0.494 e. The Morgan fingerprint density at radius 2 is 0.871 bits per heavy atom. The lowest BCUT2D eigenvalue weighted by Crippen LogP contribution is -2.23. The molecule has 2 atom stereocenters. The molecule has 0 saturated heterocycles. The van der Waals surface area contributed by atoms with Gasteiger partial charge in [0.05, 0.1) is 37.6 Å². The predicted octanol–water partition coefficient (Wildman–Crippen LogP) is 6.69. The first-order chi connectivity index (χ1) is 29.4. The predicted molar refractivity (Wildman–Crippen MR) is 205 cm³/mol. The molecule has 0 aliphatic carbocycles. The van der Waals surface area contributed by atoms with E-state index in [1.54, 1.807) is 0 Å². The molecule has 62 heavy (non-hydrogen) atoms. The lowest BCUT2D eigenvalue weighted by atomic mass is 10.0. The van der Waals surface area contributed by atoms with Gasteiger partial charge in [0.1, 0.15) is 59.5 Å². The maximum absolute atomic E-state index is 14.3. The molecule has 2 N–H and O–H groups in total. The highest BCUT2D eigenvalue weighted by Gasteiger charge is 2.49. The number of hydrogen-bond acceptors (Lipinski definition) is 14.